The molecule has 1 aliphatic rings. The number of benzene rings is 2. The molecule has 0 spiro atoms. The molecule has 1 saturated heterocycles. The van der Waals surface area contributed by atoms with E-state index in [1.54, 1.807) is 24.3 Å². The number of amides is 1. The molecule has 8 heteroatoms. The van der Waals surface area contributed by atoms with Crippen LogP contribution in [0.2, 0.25) is 0 Å². The molecule has 0 radical (unpaired) electrons. The molecular weight excluding hydrogens is 389 g/mol. The van der Waals surface area contributed by atoms with Crippen molar-refractivity contribution < 1.29 is 23.4 Å². The fourth-order valence-electron chi connectivity index (χ4n) is 3.22. The van der Waals surface area contributed by atoms with E-state index in [9.17, 15) is 9.18 Å². The smallest absolute Gasteiger partial charge is 0.243 e. The lowest BCUT2D eigenvalue weighted by atomic mass is 10.2. The quantitative estimate of drug-likeness (QED) is 0.651. The second-order valence-corrected chi connectivity index (χ2v) is 6.66. The number of hydrogen-bond acceptors (Lipinski definition) is 6. The molecular formula is C22H28FN3O4. The van der Waals surface area contributed by atoms with Gasteiger partial charge in [0, 0.05) is 25.2 Å². The van der Waals surface area contributed by atoms with Crippen molar-refractivity contribution in [3.8, 4) is 11.5 Å². The lowest BCUT2D eigenvalue weighted by Crippen LogP contribution is -2.36. The molecule has 1 aliphatic heterocycles. The maximum atomic E-state index is 13.7. The molecule has 0 unspecified atom stereocenters. The fraction of sp³-hybridized carbons (Fsp3) is 0.409. The number of ether oxygens (including phenoxy) is 3. The van der Waals surface area contributed by atoms with Crippen molar-refractivity contribution in [1.82, 2.24) is 0 Å². The van der Waals surface area contributed by atoms with E-state index in [0.29, 0.717) is 43.6 Å². The molecule has 0 atom stereocenters. The van der Waals surface area contributed by atoms with Gasteiger partial charge in [0.25, 0.3) is 0 Å². The van der Waals surface area contributed by atoms with Crippen molar-refractivity contribution >= 4 is 23.0 Å². The predicted molar refractivity (Wildman–Crippen MR) is 115 cm³/mol. The topological polar surface area (TPSA) is 72.1 Å². The Morgan fingerprint density at radius 3 is 2.47 bits per heavy atom. The number of para-hydroxylation sites is 1. The maximum absolute atomic E-state index is 13.7. The normalized spacial score (nSPS) is 13.6. The Bertz CT molecular complexity index is 856. The summed E-state index contributed by atoms with van der Waals surface area (Å²) >= 11 is 0. The molecule has 7 nitrogen and oxygen atoms in total. The number of anilines is 3. The highest BCUT2D eigenvalue weighted by Gasteiger charge is 2.20. The zero-order valence-electron chi connectivity index (χ0n) is 17.4. The number of carbonyl (C=O) groups excluding carboxylic acids is 1. The summed E-state index contributed by atoms with van der Waals surface area (Å²) in [7, 11) is 0. The lowest BCUT2D eigenvalue weighted by Gasteiger charge is -2.31. The minimum Gasteiger partial charge on any atom is -0.492 e. The van der Waals surface area contributed by atoms with Crippen molar-refractivity contribution in [2.75, 3.05) is 61.6 Å². The number of nitrogens with one attached hydrogen (secondary N) is 2. The van der Waals surface area contributed by atoms with Crippen LogP contribution in [0.3, 0.4) is 0 Å². The standard InChI is InChI=1S/C22H28FN3O4/c1-3-29-20-14-19(26-9-11-28-12-10-26)21(30-4-2)13-18(20)25-22(27)15-24-17-8-6-5-7-16(17)23/h5-8,13-14,24H,3-4,9-12,15H2,1-2H3,(H,25,27). The van der Waals surface area contributed by atoms with E-state index in [1.165, 1.54) is 6.07 Å². The van der Waals surface area contributed by atoms with Gasteiger partial charge in [-0.25, -0.2) is 4.39 Å². The molecule has 0 saturated carbocycles. The SMILES string of the molecule is CCOc1cc(N2CCOCC2)c(OCC)cc1NC(=O)CNc1ccccc1F. The highest BCUT2D eigenvalue weighted by atomic mass is 19.1. The first kappa shape index (κ1) is 21.7. The van der Waals surface area contributed by atoms with Crippen LogP contribution in [-0.4, -0.2) is 52.0 Å². The number of hydrogen-bond donors (Lipinski definition) is 2. The van der Waals surface area contributed by atoms with Gasteiger partial charge >= 0.3 is 0 Å². The van der Waals surface area contributed by atoms with Gasteiger partial charge in [-0.05, 0) is 26.0 Å². The summed E-state index contributed by atoms with van der Waals surface area (Å²) in [5.74, 6) is 0.497. The molecule has 1 amide bonds. The molecule has 1 heterocycles. The minimum absolute atomic E-state index is 0.0817. The van der Waals surface area contributed by atoms with Crippen molar-refractivity contribution in [3.63, 3.8) is 0 Å². The van der Waals surface area contributed by atoms with Gasteiger partial charge in [-0.2, -0.15) is 0 Å². The third kappa shape index (κ3) is 5.54. The van der Waals surface area contributed by atoms with Gasteiger partial charge < -0.3 is 29.7 Å². The molecule has 3 rings (SSSR count). The second kappa shape index (κ2) is 10.7. The second-order valence-electron chi connectivity index (χ2n) is 6.66. The fourth-order valence-corrected chi connectivity index (χ4v) is 3.22. The van der Waals surface area contributed by atoms with E-state index in [0.717, 1.165) is 18.8 Å². The van der Waals surface area contributed by atoms with Crippen molar-refractivity contribution in [2.45, 2.75) is 13.8 Å². The molecule has 162 valence electrons. The van der Waals surface area contributed by atoms with Gasteiger partial charge in [0.15, 0.2) is 0 Å². The maximum Gasteiger partial charge on any atom is 0.243 e. The number of nitrogens with zero attached hydrogens (tertiary/aromatic N) is 1. The zero-order chi connectivity index (χ0) is 21.3. The van der Waals surface area contributed by atoms with Crippen molar-refractivity contribution in [1.29, 1.82) is 0 Å². The average molecular weight is 417 g/mol. The monoisotopic (exact) mass is 417 g/mol. The van der Waals surface area contributed by atoms with Crippen LogP contribution in [0, 0.1) is 5.82 Å². The Kier molecular flexibility index (Phi) is 7.73. The van der Waals surface area contributed by atoms with Gasteiger partial charge in [-0.15, -0.1) is 0 Å². The zero-order valence-corrected chi connectivity index (χ0v) is 17.4. The summed E-state index contributed by atoms with van der Waals surface area (Å²) in [4.78, 5) is 14.7. The molecule has 1 fully saturated rings. The first-order chi connectivity index (χ1) is 14.6. The van der Waals surface area contributed by atoms with Gasteiger partial charge in [-0.1, -0.05) is 12.1 Å². The van der Waals surface area contributed by atoms with E-state index in [1.807, 2.05) is 19.9 Å². The lowest BCUT2D eigenvalue weighted by molar-refractivity contribution is -0.114. The van der Waals surface area contributed by atoms with Gasteiger partial charge in [0.2, 0.25) is 5.91 Å². The summed E-state index contributed by atoms with van der Waals surface area (Å²) < 4.78 is 30.8. The first-order valence-electron chi connectivity index (χ1n) is 10.2. The third-order valence-electron chi connectivity index (χ3n) is 4.60. The number of halogens is 1. The van der Waals surface area contributed by atoms with E-state index < -0.39 is 5.82 Å². The van der Waals surface area contributed by atoms with Crippen molar-refractivity contribution in [2.24, 2.45) is 0 Å². The molecule has 2 aromatic carbocycles. The van der Waals surface area contributed by atoms with E-state index in [4.69, 9.17) is 14.2 Å². The Hall–Kier alpha value is -3.00. The number of carbonyl (C=O) groups is 1. The van der Waals surface area contributed by atoms with Gasteiger partial charge in [-0.3, -0.25) is 4.79 Å². The summed E-state index contributed by atoms with van der Waals surface area (Å²) in [6.07, 6.45) is 0. The molecule has 2 N–H and O–H groups in total. The van der Waals surface area contributed by atoms with Crippen LogP contribution in [0.4, 0.5) is 21.5 Å². The summed E-state index contributed by atoms with van der Waals surface area (Å²) in [5.41, 5.74) is 1.69. The van der Waals surface area contributed by atoms with Crippen LogP contribution in [0.15, 0.2) is 36.4 Å². The molecule has 0 aliphatic carbocycles. The van der Waals surface area contributed by atoms with Crippen LogP contribution in [-0.2, 0) is 9.53 Å². The van der Waals surface area contributed by atoms with Crippen molar-refractivity contribution in [3.05, 3.63) is 42.2 Å². The highest BCUT2D eigenvalue weighted by Crippen LogP contribution is 2.39. The van der Waals surface area contributed by atoms with Gasteiger partial charge in [0.05, 0.1) is 50.0 Å². The summed E-state index contributed by atoms with van der Waals surface area (Å²) in [6.45, 7) is 7.47. The van der Waals surface area contributed by atoms with Crippen LogP contribution in [0.25, 0.3) is 0 Å². The summed E-state index contributed by atoms with van der Waals surface area (Å²) in [5, 5.41) is 5.65. The average Bonchev–Trinajstić information content (AvgIpc) is 2.76. The predicted octanol–water partition coefficient (Wildman–Crippen LogP) is 3.51. The Balaban J connectivity index is 1.78. The van der Waals surface area contributed by atoms with E-state index in [2.05, 4.69) is 15.5 Å². The number of rotatable bonds is 9. The molecule has 30 heavy (non-hydrogen) atoms. The number of morpholine rings is 1. The minimum atomic E-state index is -0.409. The third-order valence-corrected chi connectivity index (χ3v) is 4.60. The van der Waals surface area contributed by atoms with Crippen LogP contribution in [0.1, 0.15) is 13.8 Å². The molecule has 0 bridgehead atoms. The Morgan fingerprint density at radius 1 is 1.07 bits per heavy atom. The first-order valence-corrected chi connectivity index (χ1v) is 10.2. The van der Waals surface area contributed by atoms with E-state index in [-0.39, 0.29) is 18.1 Å². The van der Waals surface area contributed by atoms with Crippen LogP contribution < -0.4 is 25.0 Å². The largest absolute Gasteiger partial charge is 0.492 e. The molecule has 2 aromatic rings. The summed E-state index contributed by atoms with van der Waals surface area (Å²) in [6, 6.07) is 9.89. The Morgan fingerprint density at radius 2 is 1.77 bits per heavy atom. The molecule has 0 aromatic heterocycles. The highest BCUT2D eigenvalue weighted by molar-refractivity contribution is 5.96. The van der Waals surface area contributed by atoms with Crippen LogP contribution >= 0.6 is 0 Å². The van der Waals surface area contributed by atoms with Gasteiger partial charge in [0.1, 0.15) is 17.3 Å². The Labute approximate surface area is 176 Å². The van der Waals surface area contributed by atoms with Crippen LogP contribution in [0.5, 0.6) is 11.5 Å². The van der Waals surface area contributed by atoms with E-state index >= 15 is 0 Å².